The number of benzene rings is 2. The van der Waals surface area contributed by atoms with Gasteiger partial charge in [-0.2, -0.15) is 8.42 Å². The highest BCUT2D eigenvalue weighted by Gasteiger charge is 2.21. The van der Waals surface area contributed by atoms with Crippen LogP contribution in [0.15, 0.2) is 51.8 Å². The van der Waals surface area contributed by atoms with Crippen LogP contribution in [0.25, 0.3) is 0 Å². The molecule has 0 N–H and O–H groups in total. The van der Waals surface area contributed by atoms with Crippen molar-refractivity contribution in [3.8, 4) is 11.5 Å². The van der Waals surface area contributed by atoms with Gasteiger partial charge in [-0.1, -0.05) is 22.0 Å². The molecule has 0 saturated carbocycles. The standard InChI is InChI=1S/C14H11BrO4S/c15-11-2-1-3-12(9-11)19-20(16,17)13-4-5-14-10(8-13)6-7-18-14/h1-5,8-9H,6-7H2. The van der Waals surface area contributed by atoms with E-state index >= 15 is 0 Å². The van der Waals surface area contributed by atoms with Crippen LogP contribution in [0, 0.1) is 0 Å². The van der Waals surface area contributed by atoms with Crippen molar-refractivity contribution in [1.82, 2.24) is 0 Å². The second kappa shape index (κ2) is 5.10. The first kappa shape index (κ1) is 13.5. The number of fused-ring (bicyclic) bond motifs is 1. The van der Waals surface area contributed by atoms with E-state index in [1.165, 1.54) is 6.07 Å². The van der Waals surface area contributed by atoms with Crippen molar-refractivity contribution in [3.05, 3.63) is 52.5 Å². The first-order valence-electron chi connectivity index (χ1n) is 6.00. The predicted octanol–water partition coefficient (Wildman–Crippen LogP) is 3.15. The highest BCUT2D eigenvalue weighted by atomic mass is 79.9. The van der Waals surface area contributed by atoms with Gasteiger partial charge < -0.3 is 8.92 Å². The van der Waals surface area contributed by atoms with Crippen LogP contribution in [0.2, 0.25) is 0 Å². The fourth-order valence-electron chi connectivity index (χ4n) is 2.01. The minimum Gasteiger partial charge on any atom is -0.493 e. The van der Waals surface area contributed by atoms with Crippen LogP contribution in [0.3, 0.4) is 0 Å². The minimum atomic E-state index is -3.83. The largest absolute Gasteiger partial charge is 0.493 e. The summed E-state index contributed by atoms with van der Waals surface area (Å²) in [5.74, 6) is 1.02. The summed E-state index contributed by atoms with van der Waals surface area (Å²) in [5, 5.41) is 0. The Morgan fingerprint density at radius 1 is 1.15 bits per heavy atom. The van der Waals surface area contributed by atoms with Crippen LogP contribution in [0.4, 0.5) is 0 Å². The lowest BCUT2D eigenvalue weighted by Gasteiger charge is -2.08. The zero-order valence-corrected chi connectivity index (χ0v) is 12.8. The van der Waals surface area contributed by atoms with Crippen molar-refractivity contribution in [2.75, 3.05) is 6.61 Å². The summed E-state index contributed by atoms with van der Waals surface area (Å²) in [6.07, 6.45) is 0.718. The first-order valence-corrected chi connectivity index (χ1v) is 8.20. The Bertz CT molecular complexity index is 756. The fraction of sp³-hybridized carbons (Fsp3) is 0.143. The third kappa shape index (κ3) is 2.66. The summed E-state index contributed by atoms with van der Waals surface area (Å²) in [6.45, 7) is 0.589. The van der Waals surface area contributed by atoms with Crippen molar-refractivity contribution >= 4 is 26.0 Å². The van der Waals surface area contributed by atoms with Gasteiger partial charge in [-0.25, -0.2) is 0 Å². The number of hydrogen-bond donors (Lipinski definition) is 0. The molecule has 3 rings (SSSR count). The van der Waals surface area contributed by atoms with Crippen molar-refractivity contribution in [2.24, 2.45) is 0 Å². The third-order valence-electron chi connectivity index (χ3n) is 2.95. The van der Waals surface area contributed by atoms with E-state index in [9.17, 15) is 8.42 Å². The summed E-state index contributed by atoms with van der Waals surface area (Å²) in [5.41, 5.74) is 0.893. The Hall–Kier alpha value is -1.53. The zero-order chi connectivity index (χ0) is 14.2. The normalized spacial score (nSPS) is 13.7. The average molecular weight is 355 g/mol. The number of rotatable bonds is 3. The molecule has 2 aromatic carbocycles. The molecule has 0 saturated heterocycles. The molecule has 0 unspecified atom stereocenters. The van der Waals surface area contributed by atoms with Crippen LogP contribution < -0.4 is 8.92 Å². The van der Waals surface area contributed by atoms with E-state index in [1.807, 2.05) is 0 Å². The van der Waals surface area contributed by atoms with Gasteiger partial charge in [-0.05, 0) is 42.0 Å². The number of halogens is 1. The molecule has 6 heteroatoms. The zero-order valence-electron chi connectivity index (χ0n) is 10.4. The van der Waals surface area contributed by atoms with Gasteiger partial charge in [0.15, 0.2) is 0 Å². The Kier molecular flexibility index (Phi) is 3.43. The SMILES string of the molecule is O=S(=O)(Oc1cccc(Br)c1)c1ccc2c(c1)CCO2. The molecule has 1 aliphatic rings. The minimum absolute atomic E-state index is 0.140. The summed E-state index contributed by atoms with van der Waals surface area (Å²) in [7, 11) is -3.83. The number of ether oxygens (including phenoxy) is 1. The van der Waals surface area contributed by atoms with Crippen LogP contribution in [0.1, 0.15) is 5.56 Å². The van der Waals surface area contributed by atoms with Crippen molar-refractivity contribution in [2.45, 2.75) is 11.3 Å². The molecule has 4 nitrogen and oxygen atoms in total. The smallest absolute Gasteiger partial charge is 0.339 e. The predicted molar refractivity (Wildman–Crippen MR) is 77.6 cm³/mol. The molecule has 1 aliphatic heterocycles. The summed E-state index contributed by atoms with van der Waals surface area (Å²) < 4.78 is 35.7. The molecule has 1 heterocycles. The van der Waals surface area contributed by atoms with Crippen molar-refractivity contribution in [1.29, 1.82) is 0 Å². The molecule has 0 radical (unpaired) electrons. The monoisotopic (exact) mass is 354 g/mol. The van der Waals surface area contributed by atoms with Gasteiger partial charge in [0.25, 0.3) is 0 Å². The quantitative estimate of drug-likeness (QED) is 0.794. The Morgan fingerprint density at radius 2 is 2.00 bits per heavy atom. The van der Waals surface area contributed by atoms with Crippen molar-refractivity contribution in [3.63, 3.8) is 0 Å². The average Bonchev–Trinajstić information content (AvgIpc) is 2.85. The van der Waals surface area contributed by atoms with E-state index in [4.69, 9.17) is 8.92 Å². The second-order valence-corrected chi connectivity index (χ2v) is 6.82. The molecule has 0 aliphatic carbocycles. The molecule has 0 amide bonds. The second-order valence-electron chi connectivity index (χ2n) is 4.36. The molecular weight excluding hydrogens is 344 g/mol. The molecule has 0 spiro atoms. The van der Waals surface area contributed by atoms with E-state index < -0.39 is 10.1 Å². The lowest BCUT2D eigenvalue weighted by Crippen LogP contribution is -2.09. The van der Waals surface area contributed by atoms with E-state index in [0.29, 0.717) is 6.61 Å². The van der Waals surface area contributed by atoms with Gasteiger partial charge in [0, 0.05) is 10.9 Å². The number of hydrogen-bond acceptors (Lipinski definition) is 4. The summed E-state index contributed by atoms with van der Waals surface area (Å²) in [4.78, 5) is 0.140. The maximum Gasteiger partial charge on any atom is 0.339 e. The van der Waals surface area contributed by atoms with Crippen LogP contribution in [0.5, 0.6) is 11.5 Å². The molecule has 20 heavy (non-hydrogen) atoms. The Morgan fingerprint density at radius 3 is 2.80 bits per heavy atom. The van der Waals surface area contributed by atoms with Gasteiger partial charge in [0.05, 0.1) is 6.61 Å². The molecule has 0 fully saturated rings. The summed E-state index contributed by atoms with van der Waals surface area (Å²) >= 11 is 3.28. The Balaban J connectivity index is 1.92. The van der Waals surface area contributed by atoms with Gasteiger partial charge in [-0.15, -0.1) is 0 Å². The lowest BCUT2D eigenvalue weighted by molar-refractivity contribution is 0.356. The third-order valence-corrected chi connectivity index (χ3v) is 4.69. The topological polar surface area (TPSA) is 52.6 Å². The van der Waals surface area contributed by atoms with Gasteiger partial charge in [0.2, 0.25) is 0 Å². The van der Waals surface area contributed by atoms with Gasteiger partial charge >= 0.3 is 10.1 Å². The molecule has 0 aromatic heterocycles. The van der Waals surface area contributed by atoms with Crippen LogP contribution in [-0.4, -0.2) is 15.0 Å². The fourth-order valence-corrected chi connectivity index (χ4v) is 3.36. The highest BCUT2D eigenvalue weighted by Crippen LogP contribution is 2.29. The molecule has 0 bridgehead atoms. The maximum absolute atomic E-state index is 12.2. The van der Waals surface area contributed by atoms with E-state index in [-0.39, 0.29) is 10.6 Å². The molecule has 0 atom stereocenters. The maximum atomic E-state index is 12.2. The van der Waals surface area contributed by atoms with E-state index in [2.05, 4.69) is 15.9 Å². The summed E-state index contributed by atoms with van der Waals surface area (Å²) in [6, 6.07) is 11.5. The molecule has 2 aromatic rings. The molecular formula is C14H11BrO4S. The van der Waals surface area contributed by atoms with E-state index in [1.54, 1.807) is 36.4 Å². The van der Waals surface area contributed by atoms with Gasteiger partial charge in [-0.3, -0.25) is 0 Å². The van der Waals surface area contributed by atoms with Gasteiger partial charge in [0.1, 0.15) is 16.4 Å². The lowest BCUT2D eigenvalue weighted by atomic mass is 10.2. The van der Waals surface area contributed by atoms with Crippen LogP contribution in [-0.2, 0) is 16.5 Å². The Labute approximate surface area is 125 Å². The van der Waals surface area contributed by atoms with Crippen molar-refractivity contribution < 1.29 is 17.3 Å². The first-order chi connectivity index (χ1) is 9.54. The van der Waals surface area contributed by atoms with E-state index in [0.717, 1.165) is 22.2 Å². The van der Waals surface area contributed by atoms with Crippen LogP contribution >= 0.6 is 15.9 Å². The highest BCUT2D eigenvalue weighted by molar-refractivity contribution is 9.10. The molecule has 104 valence electrons.